The minimum Gasteiger partial charge on any atom is -0.294 e. The van der Waals surface area contributed by atoms with E-state index < -0.39 is 0 Å². The maximum absolute atomic E-state index is 13.2. The number of nitrogens with zero attached hydrogens (tertiary/aromatic N) is 3. The fourth-order valence-corrected chi connectivity index (χ4v) is 6.29. The summed E-state index contributed by atoms with van der Waals surface area (Å²) in [4.78, 5) is 39.6. The topological polar surface area (TPSA) is 66.0 Å². The van der Waals surface area contributed by atoms with E-state index in [9.17, 15) is 14.4 Å². The highest BCUT2D eigenvalue weighted by atomic mass is 16.2. The molecule has 6 nitrogen and oxygen atoms in total. The maximum atomic E-state index is 13.2. The van der Waals surface area contributed by atoms with Crippen LogP contribution in [0.1, 0.15) is 20.8 Å². The van der Waals surface area contributed by atoms with E-state index in [2.05, 4.69) is 12.1 Å². The molecule has 0 N–H and O–H groups in total. The molecule has 172 valence electrons. The average Bonchev–Trinajstić information content (AvgIpc) is 2.88. The molecular weight excluding hydrogens is 438 g/mol. The summed E-state index contributed by atoms with van der Waals surface area (Å²) in [6, 6.07) is 16.0. The van der Waals surface area contributed by atoms with Crippen LogP contribution >= 0.6 is 0 Å². The summed E-state index contributed by atoms with van der Waals surface area (Å²) in [5, 5.41) is 9.23. The second-order valence-corrected chi connectivity index (χ2v) is 9.21. The van der Waals surface area contributed by atoms with E-state index in [1.54, 1.807) is 0 Å². The first-order valence-electron chi connectivity index (χ1n) is 12.2. The van der Waals surface area contributed by atoms with E-state index in [4.69, 9.17) is 0 Å². The van der Waals surface area contributed by atoms with E-state index >= 15 is 0 Å². The van der Waals surface area contributed by atoms with Gasteiger partial charge in [0.1, 0.15) is 0 Å². The molecule has 0 spiro atoms. The van der Waals surface area contributed by atoms with Crippen LogP contribution in [0.5, 0.6) is 0 Å². The van der Waals surface area contributed by atoms with E-state index in [0.717, 1.165) is 54.1 Å². The molecule has 7 aromatic rings. The van der Waals surface area contributed by atoms with Gasteiger partial charge in [-0.15, -0.1) is 0 Å². The van der Waals surface area contributed by atoms with Gasteiger partial charge in [-0.25, -0.2) is 4.79 Å². The smallest absolute Gasteiger partial charge is 0.294 e. The van der Waals surface area contributed by atoms with Gasteiger partial charge in [-0.1, -0.05) is 24.3 Å². The third kappa shape index (κ3) is 2.22. The van der Waals surface area contributed by atoms with Crippen LogP contribution in [0.3, 0.4) is 0 Å². The van der Waals surface area contributed by atoms with Crippen molar-refractivity contribution in [3.8, 4) is 0 Å². The zero-order valence-corrected chi connectivity index (χ0v) is 19.8. The van der Waals surface area contributed by atoms with Crippen molar-refractivity contribution in [2.24, 2.45) is 0 Å². The third-order valence-electron chi connectivity index (χ3n) is 7.80. The molecule has 0 fully saturated rings. The Kier molecular flexibility index (Phi) is 3.86. The van der Waals surface area contributed by atoms with Gasteiger partial charge >= 0.3 is 5.69 Å². The highest BCUT2D eigenvalue weighted by molar-refractivity contribution is 6.39. The van der Waals surface area contributed by atoms with Crippen LogP contribution in [-0.2, 0) is 19.6 Å². The second kappa shape index (κ2) is 6.69. The first kappa shape index (κ1) is 20.2. The number of rotatable bonds is 3. The minimum atomic E-state index is -0.236. The monoisotopic (exact) mass is 461 g/mol. The molecule has 2 aromatic heterocycles. The number of fused-ring (bicyclic) bond motifs is 2. The van der Waals surface area contributed by atoms with Crippen LogP contribution in [0.4, 0.5) is 0 Å². The molecule has 0 saturated carbocycles. The predicted molar refractivity (Wildman–Crippen MR) is 144 cm³/mol. The van der Waals surface area contributed by atoms with E-state index in [-0.39, 0.29) is 16.8 Å². The first-order valence-corrected chi connectivity index (χ1v) is 12.2. The van der Waals surface area contributed by atoms with Crippen LogP contribution in [0.25, 0.3) is 64.9 Å². The zero-order chi connectivity index (χ0) is 24.2. The van der Waals surface area contributed by atoms with Crippen molar-refractivity contribution < 1.29 is 0 Å². The van der Waals surface area contributed by atoms with Crippen molar-refractivity contribution in [1.82, 2.24) is 13.7 Å². The van der Waals surface area contributed by atoms with Crippen molar-refractivity contribution in [2.45, 2.75) is 40.4 Å². The molecule has 0 aliphatic heterocycles. The lowest BCUT2D eigenvalue weighted by atomic mass is 9.87. The zero-order valence-electron chi connectivity index (χ0n) is 19.8. The van der Waals surface area contributed by atoms with Crippen LogP contribution in [0.2, 0.25) is 0 Å². The molecule has 0 unspecified atom stereocenters. The molecule has 0 bridgehead atoms. The maximum Gasteiger partial charge on any atom is 0.328 e. The Hall–Kier alpha value is -4.19. The van der Waals surface area contributed by atoms with Gasteiger partial charge in [0.15, 0.2) is 0 Å². The van der Waals surface area contributed by atoms with E-state index in [0.29, 0.717) is 30.4 Å². The highest BCUT2D eigenvalue weighted by Crippen LogP contribution is 2.44. The molecule has 0 atom stereocenters. The summed E-state index contributed by atoms with van der Waals surface area (Å²) in [5.74, 6) is 0. The van der Waals surface area contributed by atoms with E-state index in [1.165, 1.54) is 4.57 Å². The SMILES string of the molecule is CCn1c(=O)c2ccc3c4ccc5c6c4c(ccc6n(CC)c(=O)n5CC)c4ccc(c1=O)c2c34. The summed E-state index contributed by atoms with van der Waals surface area (Å²) in [6.45, 7) is 7.34. The van der Waals surface area contributed by atoms with Gasteiger partial charge < -0.3 is 0 Å². The molecule has 0 aliphatic carbocycles. The van der Waals surface area contributed by atoms with Gasteiger partial charge in [0.25, 0.3) is 11.1 Å². The van der Waals surface area contributed by atoms with Gasteiger partial charge in [0.05, 0.1) is 11.0 Å². The fourth-order valence-electron chi connectivity index (χ4n) is 6.29. The molecule has 0 radical (unpaired) electrons. The number of aryl methyl sites for hydroxylation is 2. The van der Waals surface area contributed by atoms with Gasteiger partial charge in [-0.3, -0.25) is 23.3 Å². The van der Waals surface area contributed by atoms with Gasteiger partial charge in [0, 0.05) is 46.6 Å². The number of aromatic nitrogens is 3. The Balaban J connectivity index is 1.83. The molecule has 2 heterocycles. The lowest BCUT2D eigenvalue weighted by Gasteiger charge is -2.21. The van der Waals surface area contributed by atoms with Crippen molar-refractivity contribution in [2.75, 3.05) is 0 Å². The van der Waals surface area contributed by atoms with Crippen molar-refractivity contribution >= 4 is 64.9 Å². The first-order chi connectivity index (χ1) is 17.0. The second-order valence-electron chi connectivity index (χ2n) is 9.21. The van der Waals surface area contributed by atoms with Gasteiger partial charge in [-0.2, -0.15) is 0 Å². The number of hydrogen-bond donors (Lipinski definition) is 0. The Labute approximate surface area is 198 Å². The van der Waals surface area contributed by atoms with Crippen LogP contribution in [-0.4, -0.2) is 13.7 Å². The lowest BCUT2D eigenvalue weighted by Crippen LogP contribution is -2.32. The molecule has 0 amide bonds. The molecule has 35 heavy (non-hydrogen) atoms. The molecular formula is C29H23N3O3. The molecule has 5 aromatic carbocycles. The number of benzene rings is 5. The van der Waals surface area contributed by atoms with Gasteiger partial charge in [0.2, 0.25) is 0 Å². The quantitative estimate of drug-likeness (QED) is 0.274. The number of pyridine rings is 1. The van der Waals surface area contributed by atoms with E-state index in [1.807, 2.05) is 66.3 Å². The predicted octanol–water partition coefficient (Wildman–Crippen LogP) is 5.03. The van der Waals surface area contributed by atoms with Crippen molar-refractivity contribution in [3.05, 3.63) is 79.7 Å². The number of hydrogen-bond acceptors (Lipinski definition) is 3. The molecule has 7 rings (SSSR count). The Morgan fingerprint density at radius 3 is 1.23 bits per heavy atom. The Bertz CT molecular complexity index is 2040. The summed E-state index contributed by atoms with van der Waals surface area (Å²) >= 11 is 0. The molecule has 6 heteroatoms. The summed E-state index contributed by atoms with van der Waals surface area (Å²) in [6.07, 6.45) is 0. The third-order valence-corrected chi connectivity index (χ3v) is 7.80. The fraction of sp³-hybridized carbons (Fsp3) is 0.207. The van der Waals surface area contributed by atoms with Crippen molar-refractivity contribution in [1.29, 1.82) is 0 Å². The summed E-state index contributed by atoms with van der Waals surface area (Å²) < 4.78 is 4.99. The average molecular weight is 462 g/mol. The minimum absolute atomic E-state index is 0.00205. The van der Waals surface area contributed by atoms with Crippen molar-refractivity contribution in [3.63, 3.8) is 0 Å². The van der Waals surface area contributed by atoms with Crippen LogP contribution in [0.15, 0.2) is 62.9 Å². The largest absolute Gasteiger partial charge is 0.328 e. The highest BCUT2D eigenvalue weighted by Gasteiger charge is 2.22. The van der Waals surface area contributed by atoms with Crippen LogP contribution < -0.4 is 16.8 Å². The van der Waals surface area contributed by atoms with Gasteiger partial charge in [-0.05, 0) is 72.0 Å². The Morgan fingerprint density at radius 1 is 0.457 bits per heavy atom. The lowest BCUT2D eigenvalue weighted by molar-refractivity contribution is 0.641. The Morgan fingerprint density at radius 2 is 0.800 bits per heavy atom. The summed E-state index contributed by atoms with van der Waals surface area (Å²) in [7, 11) is 0. The normalized spacial score (nSPS) is 12.5. The summed E-state index contributed by atoms with van der Waals surface area (Å²) in [5.41, 5.74) is 1.38. The molecule has 0 aliphatic rings. The molecule has 0 saturated heterocycles. The standard InChI is InChI=1S/C29H23N3O3/c1-4-30-21-13-11-17-15-7-9-19-25-20(28(34)32(6-3)27(19)33)10-8-16(23(15)25)18-12-14-22(26(21)24(17)18)31(5-2)29(30)35/h7-14H,4-6H2,1-3H3. The van der Waals surface area contributed by atoms with Crippen LogP contribution in [0, 0.1) is 0 Å².